The van der Waals surface area contributed by atoms with Crippen LogP contribution in [0.3, 0.4) is 0 Å². The minimum absolute atomic E-state index is 0.0165. The minimum atomic E-state index is -0.273. The van der Waals surface area contributed by atoms with Crippen molar-refractivity contribution in [3.05, 3.63) is 45.7 Å². The molecular weight excluding hydrogens is 348 g/mol. The van der Waals surface area contributed by atoms with Gasteiger partial charge in [-0.05, 0) is 18.4 Å². The van der Waals surface area contributed by atoms with Crippen molar-refractivity contribution >= 4 is 11.8 Å². The standard InChI is InChI=1S/C20H26N2O3S/c1-20(2)13-14-7-4-5-8-15(14)17-16(20)18(24)22(9-6-10-23)19(21-17)26-12-11-25-3/h4-5,7-8,23H,6,9-13H2,1-3H3. The molecule has 0 fully saturated rings. The molecule has 0 saturated heterocycles. The molecule has 0 atom stereocenters. The Morgan fingerprint density at radius 3 is 2.85 bits per heavy atom. The van der Waals surface area contributed by atoms with Crippen LogP contribution in [0.4, 0.5) is 0 Å². The van der Waals surface area contributed by atoms with Crippen molar-refractivity contribution in [2.45, 2.75) is 43.8 Å². The molecule has 0 bridgehead atoms. The highest BCUT2D eigenvalue weighted by Gasteiger charge is 2.36. The number of aliphatic hydroxyl groups excluding tert-OH is 1. The third-order valence-electron chi connectivity index (χ3n) is 4.77. The van der Waals surface area contributed by atoms with Gasteiger partial charge >= 0.3 is 0 Å². The van der Waals surface area contributed by atoms with Gasteiger partial charge in [-0.1, -0.05) is 49.9 Å². The first-order valence-electron chi connectivity index (χ1n) is 8.96. The van der Waals surface area contributed by atoms with Gasteiger partial charge in [0.05, 0.1) is 12.3 Å². The predicted molar refractivity (Wildman–Crippen MR) is 105 cm³/mol. The number of hydrogen-bond donors (Lipinski definition) is 1. The Morgan fingerprint density at radius 2 is 2.12 bits per heavy atom. The summed E-state index contributed by atoms with van der Waals surface area (Å²) in [6, 6.07) is 8.21. The van der Waals surface area contributed by atoms with Crippen LogP contribution in [0.5, 0.6) is 0 Å². The highest BCUT2D eigenvalue weighted by Crippen LogP contribution is 2.40. The van der Waals surface area contributed by atoms with E-state index in [0.717, 1.165) is 29.0 Å². The number of nitrogens with zero attached hydrogens (tertiary/aromatic N) is 2. The lowest BCUT2D eigenvalue weighted by atomic mass is 9.72. The van der Waals surface area contributed by atoms with E-state index in [2.05, 4.69) is 26.0 Å². The van der Waals surface area contributed by atoms with E-state index >= 15 is 0 Å². The Balaban J connectivity index is 2.19. The van der Waals surface area contributed by atoms with Crippen molar-refractivity contribution in [1.82, 2.24) is 9.55 Å². The maximum Gasteiger partial charge on any atom is 0.258 e. The highest BCUT2D eigenvalue weighted by molar-refractivity contribution is 7.99. The van der Waals surface area contributed by atoms with Crippen LogP contribution in [0.2, 0.25) is 0 Å². The number of methoxy groups -OCH3 is 1. The van der Waals surface area contributed by atoms with Crippen LogP contribution < -0.4 is 5.56 Å². The molecule has 2 aromatic rings. The third-order valence-corrected chi connectivity index (χ3v) is 5.71. The number of ether oxygens (including phenoxy) is 1. The number of hydrogen-bond acceptors (Lipinski definition) is 5. The Morgan fingerprint density at radius 1 is 1.35 bits per heavy atom. The molecule has 1 aromatic heterocycles. The fourth-order valence-corrected chi connectivity index (χ4v) is 4.48. The van der Waals surface area contributed by atoms with E-state index in [4.69, 9.17) is 9.72 Å². The molecule has 1 aromatic carbocycles. The van der Waals surface area contributed by atoms with Gasteiger partial charge in [-0.3, -0.25) is 9.36 Å². The van der Waals surface area contributed by atoms with Gasteiger partial charge in [-0.25, -0.2) is 4.98 Å². The molecule has 140 valence electrons. The molecule has 1 heterocycles. The third kappa shape index (κ3) is 3.59. The number of thioether (sulfide) groups is 1. The van der Waals surface area contributed by atoms with Gasteiger partial charge in [-0.2, -0.15) is 0 Å². The zero-order chi connectivity index (χ0) is 18.7. The normalized spacial score (nSPS) is 14.8. The molecule has 0 saturated carbocycles. The number of aromatic nitrogens is 2. The van der Waals surface area contributed by atoms with Crippen LogP contribution >= 0.6 is 11.8 Å². The van der Waals surface area contributed by atoms with Crippen LogP contribution in [0.15, 0.2) is 34.2 Å². The first kappa shape index (κ1) is 19.1. The predicted octanol–water partition coefficient (Wildman–Crippen LogP) is 2.86. The first-order chi connectivity index (χ1) is 12.5. The lowest BCUT2D eigenvalue weighted by Gasteiger charge is -2.33. The fourth-order valence-electron chi connectivity index (χ4n) is 3.56. The Labute approximate surface area is 158 Å². The van der Waals surface area contributed by atoms with Gasteiger partial charge in [0.1, 0.15) is 0 Å². The smallest absolute Gasteiger partial charge is 0.258 e. The van der Waals surface area contributed by atoms with Crippen molar-refractivity contribution in [2.24, 2.45) is 0 Å². The van der Waals surface area contributed by atoms with Crippen LogP contribution in [0.25, 0.3) is 11.3 Å². The van der Waals surface area contributed by atoms with Crippen molar-refractivity contribution in [3.8, 4) is 11.3 Å². The van der Waals surface area contributed by atoms with Crippen LogP contribution in [-0.4, -0.2) is 40.7 Å². The van der Waals surface area contributed by atoms with E-state index < -0.39 is 0 Å². The van der Waals surface area contributed by atoms with Gasteiger partial charge < -0.3 is 9.84 Å². The van der Waals surface area contributed by atoms with Gasteiger partial charge in [-0.15, -0.1) is 0 Å². The average molecular weight is 375 g/mol. The van der Waals surface area contributed by atoms with Crippen LogP contribution in [0.1, 0.15) is 31.4 Å². The molecule has 0 radical (unpaired) electrons. The van der Waals surface area contributed by atoms with Gasteiger partial charge in [0, 0.05) is 42.6 Å². The summed E-state index contributed by atoms with van der Waals surface area (Å²) in [5, 5.41) is 9.93. The lowest BCUT2D eigenvalue weighted by Crippen LogP contribution is -2.38. The fraction of sp³-hybridized carbons (Fsp3) is 0.500. The summed E-state index contributed by atoms with van der Waals surface area (Å²) >= 11 is 1.53. The lowest BCUT2D eigenvalue weighted by molar-refractivity contribution is 0.218. The summed E-state index contributed by atoms with van der Waals surface area (Å²) < 4.78 is 6.87. The second-order valence-corrected chi connectivity index (χ2v) is 8.27. The molecule has 26 heavy (non-hydrogen) atoms. The SMILES string of the molecule is COCCSc1nc2c(c(=O)n1CCCO)C(C)(C)Cc1ccccc1-2. The van der Waals surface area contributed by atoms with E-state index in [1.807, 2.05) is 12.1 Å². The zero-order valence-corrected chi connectivity index (χ0v) is 16.4. The molecule has 1 N–H and O–H groups in total. The average Bonchev–Trinajstić information content (AvgIpc) is 2.60. The molecule has 0 spiro atoms. The second-order valence-electron chi connectivity index (χ2n) is 7.21. The summed E-state index contributed by atoms with van der Waals surface area (Å²) in [7, 11) is 1.67. The number of fused-ring (bicyclic) bond motifs is 3. The summed E-state index contributed by atoms with van der Waals surface area (Å²) in [5.41, 5.74) is 3.62. The molecule has 6 heteroatoms. The highest BCUT2D eigenvalue weighted by atomic mass is 32.2. The van der Waals surface area contributed by atoms with Gasteiger partial charge in [0.15, 0.2) is 5.16 Å². The molecule has 0 aliphatic heterocycles. The number of rotatable bonds is 7. The molecule has 1 aliphatic rings. The van der Waals surface area contributed by atoms with Gasteiger partial charge in [0.2, 0.25) is 0 Å². The minimum Gasteiger partial charge on any atom is -0.396 e. The molecule has 0 unspecified atom stereocenters. The summed E-state index contributed by atoms with van der Waals surface area (Å²) in [4.78, 5) is 18.3. The van der Waals surface area contributed by atoms with E-state index in [-0.39, 0.29) is 17.6 Å². The quantitative estimate of drug-likeness (QED) is 0.459. The summed E-state index contributed by atoms with van der Waals surface area (Å²) in [6.07, 6.45) is 1.36. The zero-order valence-electron chi connectivity index (χ0n) is 15.6. The topological polar surface area (TPSA) is 64.3 Å². The molecule has 0 amide bonds. The first-order valence-corrected chi connectivity index (χ1v) is 9.94. The van der Waals surface area contributed by atoms with Gasteiger partial charge in [0.25, 0.3) is 5.56 Å². The van der Waals surface area contributed by atoms with Crippen molar-refractivity contribution in [3.63, 3.8) is 0 Å². The van der Waals surface area contributed by atoms with E-state index in [9.17, 15) is 9.90 Å². The van der Waals surface area contributed by atoms with E-state index in [0.29, 0.717) is 24.7 Å². The van der Waals surface area contributed by atoms with Crippen LogP contribution in [0, 0.1) is 0 Å². The molecule has 1 aliphatic carbocycles. The van der Waals surface area contributed by atoms with Crippen LogP contribution in [-0.2, 0) is 23.1 Å². The largest absolute Gasteiger partial charge is 0.396 e. The van der Waals surface area contributed by atoms with E-state index in [1.54, 1.807) is 11.7 Å². The second kappa shape index (κ2) is 7.94. The monoisotopic (exact) mass is 374 g/mol. The molecule has 5 nitrogen and oxygen atoms in total. The van der Waals surface area contributed by atoms with Crippen molar-refractivity contribution < 1.29 is 9.84 Å². The Bertz CT molecular complexity index is 845. The maximum absolute atomic E-state index is 13.4. The Hall–Kier alpha value is -1.63. The van der Waals surface area contributed by atoms with E-state index in [1.165, 1.54) is 17.3 Å². The number of benzene rings is 1. The van der Waals surface area contributed by atoms with Crippen molar-refractivity contribution in [2.75, 3.05) is 26.1 Å². The summed E-state index contributed by atoms with van der Waals surface area (Å²) in [6.45, 7) is 5.35. The molecule has 3 rings (SSSR count). The Kier molecular flexibility index (Phi) is 5.85. The molecular formula is C20H26N2O3S. The summed E-state index contributed by atoms with van der Waals surface area (Å²) in [5.74, 6) is 0.728. The van der Waals surface area contributed by atoms with Crippen molar-refractivity contribution in [1.29, 1.82) is 0 Å². The maximum atomic E-state index is 13.4. The number of aliphatic hydroxyl groups is 1.